The summed E-state index contributed by atoms with van der Waals surface area (Å²) in [6.07, 6.45) is 1.65. The monoisotopic (exact) mass is 487 g/mol. The number of aromatic nitrogens is 3. The molecule has 3 rings (SSSR count). The van der Waals surface area contributed by atoms with Gasteiger partial charge in [0.1, 0.15) is 5.82 Å². The lowest BCUT2D eigenvalue weighted by Gasteiger charge is -2.19. The molecule has 0 unspecified atom stereocenters. The van der Waals surface area contributed by atoms with Crippen molar-refractivity contribution in [2.24, 2.45) is 0 Å². The number of carboxylic acids is 1. The van der Waals surface area contributed by atoms with Crippen LogP contribution in [0.3, 0.4) is 0 Å². The summed E-state index contributed by atoms with van der Waals surface area (Å²) in [5, 5.41) is 14.4. The molecule has 0 saturated carbocycles. The van der Waals surface area contributed by atoms with E-state index in [4.69, 9.17) is 5.11 Å². The number of benzene rings is 1. The minimum absolute atomic E-state index is 0.0230. The minimum Gasteiger partial charge on any atom is -0.481 e. The molecule has 11 heteroatoms. The molecule has 0 aliphatic rings. The summed E-state index contributed by atoms with van der Waals surface area (Å²) < 4.78 is 38.3. The van der Waals surface area contributed by atoms with Crippen molar-refractivity contribution in [2.45, 2.75) is 38.4 Å². The molecule has 2 heterocycles. The maximum Gasteiger partial charge on any atom is 0.416 e. The number of pyridine rings is 1. The highest BCUT2D eigenvalue weighted by Crippen LogP contribution is 2.30. The zero-order valence-corrected chi connectivity index (χ0v) is 18.8. The smallest absolute Gasteiger partial charge is 0.416 e. The molecule has 0 aliphatic carbocycles. The Labute approximate surface area is 199 Å². The van der Waals surface area contributed by atoms with Crippen molar-refractivity contribution >= 4 is 17.7 Å². The molecular formula is C24H24F3N5O3. The Kier molecular flexibility index (Phi) is 8.34. The normalized spacial score (nSPS) is 12.1. The fourth-order valence-corrected chi connectivity index (χ4v) is 3.26. The first kappa shape index (κ1) is 25.6. The van der Waals surface area contributed by atoms with Crippen molar-refractivity contribution < 1.29 is 27.9 Å². The number of carbonyl (C=O) groups excluding carboxylic acids is 1. The quantitative estimate of drug-likeness (QED) is 0.379. The van der Waals surface area contributed by atoms with Crippen LogP contribution < -0.4 is 10.6 Å². The Hall–Kier alpha value is -4.02. The van der Waals surface area contributed by atoms with Crippen LogP contribution in [0.2, 0.25) is 0 Å². The van der Waals surface area contributed by atoms with E-state index >= 15 is 0 Å². The van der Waals surface area contributed by atoms with Crippen molar-refractivity contribution in [2.75, 3.05) is 11.9 Å². The molecule has 2 aromatic heterocycles. The maximum atomic E-state index is 12.8. The van der Waals surface area contributed by atoms with Crippen LogP contribution in [-0.4, -0.2) is 38.5 Å². The molecule has 1 amide bonds. The second kappa shape index (κ2) is 11.4. The van der Waals surface area contributed by atoms with Crippen LogP contribution in [0.1, 0.15) is 53.7 Å². The summed E-state index contributed by atoms with van der Waals surface area (Å²) in [5.74, 6) is -0.574. The molecule has 35 heavy (non-hydrogen) atoms. The Morgan fingerprint density at radius 2 is 1.69 bits per heavy atom. The largest absolute Gasteiger partial charge is 0.481 e. The van der Waals surface area contributed by atoms with Gasteiger partial charge in [-0.15, -0.1) is 0 Å². The Morgan fingerprint density at radius 3 is 2.23 bits per heavy atom. The van der Waals surface area contributed by atoms with Gasteiger partial charge in [-0.05, 0) is 30.7 Å². The molecule has 1 atom stereocenters. The maximum absolute atomic E-state index is 12.8. The Balaban J connectivity index is 1.67. The zero-order valence-electron chi connectivity index (χ0n) is 18.8. The van der Waals surface area contributed by atoms with Crippen LogP contribution in [0.25, 0.3) is 11.4 Å². The molecule has 184 valence electrons. The first-order valence-corrected chi connectivity index (χ1v) is 10.9. The lowest BCUT2D eigenvalue weighted by Crippen LogP contribution is -2.26. The number of carbonyl (C=O) groups is 2. The van der Waals surface area contributed by atoms with Crippen molar-refractivity contribution in [3.8, 4) is 11.4 Å². The van der Waals surface area contributed by atoms with Crippen molar-refractivity contribution in [1.82, 2.24) is 20.3 Å². The molecule has 3 aromatic rings. The third-order valence-electron chi connectivity index (χ3n) is 5.09. The predicted molar refractivity (Wildman–Crippen MR) is 123 cm³/mol. The molecule has 0 radical (unpaired) electrons. The van der Waals surface area contributed by atoms with E-state index in [2.05, 4.69) is 25.6 Å². The van der Waals surface area contributed by atoms with E-state index in [0.717, 1.165) is 30.5 Å². The van der Waals surface area contributed by atoms with Gasteiger partial charge >= 0.3 is 12.1 Å². The van der Waals surface area contributed by atoms with Crippen LogP contribution in [0.5, 0.6) is 0 Å². The summed E-state index contributed by atoms with van der Waals surface area (Å²) in [6, 6.07) is 7.71. The second-order valence-electron chi connectivity index (χ2n) is 7.73. The van der Waals surface area contributed by atoms with Gasteiger partial charge in [-0.1, -0.05) is 25.5 Å². The van der Waals surface area contributed by atoms with Crippen molar-refractivity contribution in [3.63, 3.8) is 0 Å². The average molecular weight is 487 g/mol. The molecular weight excluding hydrogens is 463 g/mol. The summed E-state index contributed by atoms with van der Waals surface area (Å²) in [7, 11) is 0. The van der Waals surface area contributed by atoms with Crippen LogP contribution in [0.15, 0.2) is 55.0 Å². The number of alkyl halides is 3. The number of nitrogens with one attached hydrogen (secondary N) is 2. The summed E-state index contributed by atoms with van der Waals surface area (Å²) >= 11 is 0. The highest BCUT2D eigenvalue weighted by molar-refractivity contribution is 5.94. The highest BCUT2D eigenvalue weighted by Gasteiger charge is 2.30. The van der Waals surface area contributed by atoms with Gasteiger partial charge in [0.05, 0.1) is 23.6 Å². The van der Waals surface area contributed by atoms with E-state index in [1.807, 2.05) is 6.92 Å². The van der Waals surface area contributed by atoms with Gasteiger partial charge in [0.25, 0.3) is 5.91 Å². The van der Waals surface area contributed by atoms with Crippen LogP contribution in [-0.2, 0) is 11.0 Å². The van der Waals surface area contributed by atoms with E-state index in [-0.39, 0.29) is 19.0 Å². The Bertz CT molecular complexity index is 1140. The molecule has 3 N–H and O–H groups in total. The fourth-order valence-electron chi connectivity index (χ4n) is 3.26. The average Bonchev–Trinajstić information content (AvgIpc) is 2.83. The lowest BCUT2D eigenvalue weighted by molar-refractivity contribution is -0.138. The van der Waals surface area contributed by atoms with E-state index in [1.54, 1.807) is 24.5 Å². The number of rotatable bonds is 10. The fraction of sp³-hybridized carbons (Fsp3) is 0.292. The highest BCUT2D eigenvalue weighted by atomic mass is 19.4. The number of nitrogens with zero attached hydrogens (tertiary/aromatic N) is 3. The number of aliphatic carboxylic acids is 1. The molecule has 1 aromatic carbocycles. The lowest BCUT2D eigenvalue weighted by atomic mass is 10.1. The van der Waals surface area contributed by atoms with Gasteiger partial charge in [0.15, 0.2) is 5.82 Å². The van der Waals surface area contributed by atoms with E-state index < -0.39 is 23.6 Å². The van der Waals surface area contributed by atoms with Gasteiger partial charge in [-0.2, -0.15) is 13.2 Å². The molecule has 0 aliphatic heterocycles. The van der Waals surface area contributed by atoms with Gasteiger partial charge in [0.2, 0.25) is 0 Å². The number of carboxylic acid groups (broad SMARTS) is 1. The zero-order chi connectivity index (χ0) is 25.4. The van der Waals surface area contributed by atoms with Crippen LogP contribution in [0.4, 0.5) is 19.0 Å². The number of hydrogen-bond acceptors (Lipinski definition) is 6. The summed E-state index contributed by atoms with van der Waals surface area (Å²) in [6.45, 7) is 2.04. The SMILES string of the molecule is CCC[C@@H](Nc1ccc(C(=O)NCCC(=O)O)cn1)c1cnc(-c2ccc(C(F)(F)F)cc2)nc1. The first-order valence-electron chi connectivity index (χ1n) is 10.9. The van der Waals surface area contributed by atoms with Crippen molar-refractivity contribution in [1.29, 1.82) is 0 Å². The van der Waals surface area contributed by atoms with Gasteiger partial charge in [-0.3, -0.25) is 9.59 Å². The number of hydrogen-bond donors (Lipinski definition) is 3. The molecule has 8 nitrogen and oxygen atoms in total. The predicted octanol–water partition coefficient (Wildman–Crippen LogP) is 4.72. The third kappa shape index (κ3) is 7.23. The van der Waals surface area contributed by atoms with Crippen LogP contribution >= 0.6 is 0 Å². The Morgan fingerprint density at radius 1 is 1.00 bits per heavy atom. The van der Waals surface area contributed by atoms with E-state index in [9.17, 15) is 22.8 Å². The number of halogens is 3. The number of anilines is 1. The van der Waals surface area contributed by atoms with Crippen LogP contribution in [0, 0.1) is 0 Å². The standard InChI is InChI=1S/C24H24F3N5O3/c1-2-3-19(32-20-9-6-16(12-29-20)23(35)28-11-10-21(33)34)17-13-30-22(31-14-17)15-4-7-18(8-5-15)24(25,26)27/h4-9,12-14,19H,2-3,10-11H2,1H3,(H,28,35)(H,29,32)(H,33,34)/t19-/m1/s1. The summed E-state index contributed by atoms with van der Waals surface area (Å²) in [5.41, 5.74) is 0.821. The topological polar surface area (TPSA) is 117 Å². The molecule has 0 spiro atoms. The molecule has 0 fully saturated rings. The van der Waals surface area contributed by atoms with Crippen molar-refractivity contribution in [3.05, 3.63) is 71.7 Å². The van der Waals surface area contributed by atoms with Gasteiger partial charge in [0, 0.05) is 36.3 Å². The van der Waals surface area contributed by atoms with Gasteiger partial charge in [-0.25, -0.2) is 15.0 Å². The minimum atomic E-state index is -4.40. The first-order chi connectivity index (χ1) is 16.7. The third-order valence-corrected chi connectivity index (χ3v) is 5.09. The van der Waals surface area contributed by atoms with E-state index in [1.165, 1.54) is 18.3 Å². The summed E-state index contributed by atoms with van der Waals surface area (Å²) in [4.78, 5) is 35.5. The molecule has 0 saturated heterocycles. The van der Waals surface area contributed by atoms with Gasteiger partial charge < -0.3 is 15.7 Å². The van der Waals surface area contributed by atoms with E-state index in [0.29, 0.717) is 22.8 Å². The molecule has 0 bridgehead atoms. The second-order valence-corrected chi connectivity index (χ2v) is 7.73. The number of amides is 1.